The lowest BCUT2D eigenvalue weighted by Gasteiger charge is -2.23. The number of anilines is 3. The molecule has 0 aromatic heterocycles. The Morgan fingerprint density at radius 1 is 1.05 bits per heavy atom. The lowest BCUT2D eigenvalue weighted by atomic mass is 10.2. The normalized spacial score (nSPS) is 10.0. The molecule has 3 amide bonds. The first kappa shape index (κ1) is 14.6. The highest BCUT2D eigenvalue weighted by molar-refractivity contribution is 6.04. The van der Waals surface area contributed by atoms with Gasteiger partial charge in [0.25, 0.3) is 0 Å². The van der Waals surface area contributed by atoms with Crippen molar-refractivity contribution in [3.8, 4) is 0 Å². The van der Waals surface area contributed by atoms with E-state index in [4.69, 9.17) is 5.73 Å². The van der Waals surface area contributed by atoms with Gasteiger partial charge in [0.15, 0.2) is 0 Å². The number of hydrogen-bond acceptors (Lipinski definition) is 2. The Hall–Kier alpha value is -2.82. The summed E-state index contributed by atoms with van der Waals surface area (Å²) in [6.45, 7) is 3.38. The quantitative estimate of drug-likeness (QED) is 0.907. The van der Waals surface area contributed by atoms with Gasteiger partial charge in [0, 0.05) is 6.92 Å². The molecule has 0 heterocycles. The molecule has 0 aliphatic heterocycles. The average Bonchev–Trinajstić information content (AvgIpc) is 2.42. The van der Waals surface area contributed by atoms with Crippen molar-refractivity contribution in [2.75, 3.05) is 10.2 Å². The number of nitrogens with two attached hydrogens (primary N) is 1. The molecule has 5 nitrogen and oxygen atoms in total. The Morgan fingerprint density at radius 2 is 1.67 bits per heavy atom. The number of urea groups is 1. The molecule has 0 aliphatic rings. The van der Waals surface area contributed by atoms with Gasteiger partial charge in [0.05, 0.1) is 17.1 Å². The van der Waals surface area contributed by atoms with Crippen LogP contribution in [0.3, 0.4) is 0 Å². The molecule has 2 aromatic carbocycles. The molecule has 0 aliphatic carbocycles. The van der Waals surface area contributed by atoms with Gasteiger partial charge in [-0.15, -0.1) is 0 Å². The van der Waals surface area contributed by atoms with Gasteiger partial charge in [0.1, 0.15) is 0 Å². The molecule has 2 aromatic rings. The first-order valence-corrected chi connectivity index (χ1v) is 6.52. The first-order chi connectivity index (χ1) is 9.99. The Labute approximate surface area is 123 Å². The van der Waals surface area contributed by atoms with Gasteiger partial charge in [-0.1, -0.05) is 29.8 Å². The lowest BCUT2D eigenvalue weighted by molar-refractivity contribution is -0.114. The van der Waals surface area contributed by atoms with E-state index < -0.39 is 6.03 Å². The summed E-state index contributed by atoms with van der Waals surface area (Å²) in [6.07, 6.45) is 0. The van der Waals surface area contributed by atoms with Crippen LogP contribution in [0.2, 0.25) is 0 Å². The van der Waals surface area contributed by atoms with E-state index in [1.165, 1.54) is 11.8 Å². The molecule has 21 heavy (non-hydrogen) atoms. The van der Waals surface area contributed by atoms with Crippen LogP contribution in [0.5, 0.6) is 0 Å². The van der Waals surface area contributed by atoms with Gasteiger partial charge in [-0.05, 0) is 31.2 Å². The zero-order valence-corrected chi connectivity index (χ0v) is 12.0. The second-order valence-corrected chi connectivity index (χ2v) is 4.71. The van der Waals surface area contributed by atoms with E-state index in [1.807, 2.05) is 31.2 Å². The summed E-state index contributed by atoms with van der Waals surface area (Å²) in [7, 11) is 0. The van der Waals surface area contributed by atoms with Gasteiger partial charge in [0.2, 0.25) is 5.91 Å². The van der Waals surface area contributed by atoms with Crippen LogP contribution in [-0.4, -0.2) is 11.9 Å². The van der Waals surface area contributed by atoms with Crippen molar-refractivity contribution in [2.24, 2.45) is 5.73 Å². The summed E-state index contributed by atoms with van der Waals surface area (Å²) in [4.78, 5) is 24.5. The molecule has 2 rings (SSSR count). The fourth-order valence-corrected chi connectivity index (χ4v) is 2.04. The maximum Gasteiger partial charge on any atom is 0.323 e. The van der Waals surface area contributed by atoms with Crippen molar-refractivity contribution < 1.29 is 9.59 Å². The van der Waals surface area contributed by atoms with Crippen LogP contribution >= 0.6 is 0 Å². The Kier molecular flexibility index (Phi) is 4.23. The molecule has 108 valence electrons. The molecular formula is C16H17N3O2. The molecule has 5 heteroatoms. The predicted molar refractivity (Wildman–Crippen MR) is 83.6 cm³/mol. The highest BCUT2D eigenvalue weighted by Crippen LogP contribution is 2.32. The number of para-hydroxylation sites is 2. The minimum atomic E-state index is -0.614. The first-order valence-electron chi connectivity index (χ1n) is 6.52. The third kappa shape index (κ3) is 3.39. The van der Waals surface area contributed by atoms with Gasteiger partial charge < -0.3 is 11.1 Å². The average molecular weight is 283 g/mol. The van der Waals surface area contributed by atoms with E-state index in [2.05, 4.69) is 5.32 Å². The Morgan fingerprint density at radius 3 is 2.24 bits per heavy atom. The molecule has 0 spiro atoms. The highest BCUT2D eigenvalue weighted by atomic mass is 16.2. The predicted octanol–water partition coefficient (Wildman–Crippen LogP) is 3.17. The van der Waals surface area contributed by atoms with E-state index in [1.54, 1.807) is 24.3 Å². The third-order valence-corrected chi connectivity index (χ3v) is 2.97. The number of nitrogens with zero attached hydrogens (tertiary/aromatic N) is 1. The number of carbonyl (C=O) groups is 2. The number of amides is 3. The number of primary amides is 1. The number of rotatable bonds is 3. The topological polar surface area (TPSA) is 75.4 Å². The van der Waals surface area contributed by atoms with Crippen LogP contribution in [0, 0.1) is 6.92 Å². The molecular weight excluding hydrogens is 266 g/mol. The van der Waals surface area contributed by atoms with E-state index in [9.17, 15) is 9.59 Å². The largest absolute Gasteiger partial charge is 0.351 e. The van der Waals surface area contributed by atoms with Crippen LogP contribution in [0.15, 0.2) is 48.5 Å². The number of nitrogens with one attached hydrogen (secondary N) is 1. The number of hydrogen-bond donors (Lipinski definition) is 2. The van der Waals surface area contributed by atoms with Gasteiger partial charge >= 0.3 is 6.03 Å². The monoisotopic (exact) mass is 283 g/mol. The third-order valence-electron chi connectivity index (χ3n) is 2.97. The smallest absolute Gasteiger partial charge is 0.323 e. The fourth-order valence-electron chi connectivity index (χ4n) is 2.04. The summed E-state index contributed by atoms with van der Waals surface area (Å²) in [5.41, 5.74) is 8.30. The molecule has 0 saturated carbocycles. The fraction of sp³-hybridized carbons (Fsp3) is 0.125. The summed E-state index contributed by atoms with van der Waals surface area (Å²) >= 11 is 0. The second-order valence-electron chi connectivity index (χ2n) is 4.71. The van der Waals surface area contributed by atoms with Crippen LogP contribution < -0.4 is 16.0 Å². The minimum absolute atomic E-state index is 0.212. The van der Waals surface area contributed by atoms with Gasteiger partial charge in [-0.2, -0.15) is 0 Å². The van der Waals surface area contributed by atoms with Gasteiger partial charge in [-0.25, -0.2) is 4.79 Å². The van der Waals surface area contributed by atoms with E-state index in [0.717, 1.165) is 5.56 Å². The van der Waals surface area contributed by atoms with E-state index in [0.29, 0.717) is 17.1 Å². The molecule has 0 atom stereocenters. The van der Waals surface area contributed by atoms with E-state index >= 15 is 0 Å². The number of aryl methyl sites for hydroxylation is 1. The van der Waals surface area contributed by atoms with Crippen LogP contribution in [0.4, 0.5) is 21.9 Å². The van der Waals surface area contributed by atoms with Crippen LogP contribution in [0.25, 0.3) is 0 Å². The van der Waals surface area contributed by atoms with Crippen molar-refractivity contribution in [1.29, 1.82) is 0 Å². The maximum absolute atomic E-state index is 11.9. The standard InChI is InChI=1S/C16H17N3O2/c1-11-7-9-13(10-8-11)19(16(17)21)15-6-4-3-5-14(15)18-12(2)20/h3-10H,1-2H3,(H2,17,21)(H,18,20). The minimum Gasteiger partial charge on any atom is -0.351 e. The second kappa shape index (κ2) is 6.09. The Balaban J connectivity index is 2.51. The van der Waals surface area contributed by atoms with Crippen molar-refractivity contribution in [2.45, 2.75) is 13.8 Å². The van der Waals surface area contributed by atoms with E-state index in [-0.39, 0.29) is 5.91 Å². The zero-order chi connectivity index (χ0) is 15.4. The van der Waals surface area contributed by atoms with Crippen LogP contribution in [-0.2, 0) is 4.79 Å². The maximum atomic E-state index is 11.9. The highest BCUT2D eigenvalue weighted by Gasteiger charge is 2.18. The number of carbonyl (C=O) groups excluding carboxylic acids is 2. The van der Waals surface area contributed by atoms with Crippen molar-refractivity contribution in [3.05, 3.63) is 54.1 Å². The summed E-state index contributed by atoms with van der Waals surface area (Å²) in [6, 6.07) is 13.8. The summed E-state index contributed by atoms with van der Waals surface area (Å²) in [5.74, 6) is -0.212. The van der Waals surface area contributed by atoms with Gasteiger partial charge in [-0.3, -0.25) is 9.69 Å². The number of benzene rings is 2. The summed E-state index contributed by atoms with van der Waals surface area (Å²) < 4.78 is 0. The molecule has 0 saturated heterocycles. The molecule has 0 unspecified atom stereocenters. The van der Waals surface area contributed by atoms with Crippen molar-refractivity contribution in [1.82, 2.24) is 0 Å². The zero-order valence-electron chi connectivity index (χ0n) is 12.0. The van der Waals surface area contributed by atoms with Crippen LogP contribution in [0.1, 0.15) is 12.5 Å². The lowest BCUT2D eigenvalue weighted by Crippen LogP contribution is -2.32. The Bertz CT molecular complexity index is 665. The van der Waals surface area contributed by atoms with Crippen molar-refractivity contribution in [3.63, 3.8) is 0 Å². The summed E-state index contributed by atoms with van der Waals surface area (Å²) in [5, 5.41) is 2.70. The molecule has 0 fully saturated rings. The molecule has 3 N–H and O–H groups in total. The molecule has 0 bridgehead atoms. The van der Waals surface area contributed by atoms with Crippen molar-refractivity contribution >= 4 is 29.0 Å². The SMILES string of the molecule is CC(=O)Nc1ccccc1N(C(N)=O)c1ccc(C)cc1. The molecule has 0 radical (unpaired) electrons.